The van der Waals surface area contributed by atoms with Crippen LogP contribution in [-0.4, -0.2) is 81.4 Å². The minimum Gasteiger partial charge on any atom is -0.481 e. The number of para-hydroxylation sites is 1. The Labute approximate surface area is 207 Å². The first kappa shape index (κ1) is 26.5. The SMILES string of the molecule is CC(C)=Nc1ccccc1C(=O)N[C@H]1CCC(=O)N2CCC[C@@H](C(=O)N[C@H](C=O)CC(=O)O)N2C1=O. The number of carboxylic acids is 1. The van der Waals surface area contributed by atoms with Crippen LogP contribution < -0.4 is 10.6 Å². The number of hydrogen-bond donors (Lipinski definition) is 3. The summed E-state index contributed by atoms with van der Waals surface area (Å²) in [6.45, 7) is 3.79. The van der Waals surface area contributed by atoms with E-state index in [-0.39, 0.29) is 37.3 Å². The van der Waals surface area contributed by atoms with Gasteiger partial charge in [-0.15, -0.1) is 0 Å². The van der Waals surface area contributed by atoms with Crippen molar-refractivity contribution in [1.82, 2.24) is 20.7 Å². The molecule has 2 saturated heterocycles. The number of aldehydes is 1. The molecule has 1 aromatic carbocycles. The normalized spacial score (nSPS) is 20.5. The molecule has 2 fully saturated rings. The molecule has 12 nitrogen and oxygen atoms in total. The fourth-order valence-electron chi connectivity index (χ4n) is 4.25. The summed E-state index contributed by atoms with van der Waals surface area (Å²) in [5, 5.41) is 16.2. The first-order valence-electron chi connectivity index (χ1n) is 11.6. The van der Waals surface area contributed by atoms with E-state index in [1.807, 2.05) is 0 Å². The van der Waals surface area contributed by atoms with Crippen molar-refractivity contribution >= 4 is 47.3 Å². The average molecular weight is 500 g/mol. The van der Waals surface area contributed by atoms with Crippen molar-refractivity contribution in [1.29, 1.82) is 0 Å². The van der Waals surface area contributed by atoms with E-state index in [1.54, 1.807) is 38.1 Å². The van der Waals surface area contributed by atoms with Crippen LogP contribution in [0.1, 0.15) is 56.3 Å². The molecule has 192 valence electrons. The van der Waals surface area contributed by atoms with Gasteiger partial charge in [0.25, 0.3) is 11.8 Å². The second-order valence-electron chi connectivity index (χ2n) is 8.85. The first-order chi connectivity index (χ1) is 17.1. The lowest BCUT2D eigenvalue weighted by molar-refractivity contribution is -0.176. The Kier molecular flexibility index (Phi) is 8.51. The number of carbonyl (C=O) groups excluding carboxylic acids is 5. The van der Waals surface area contributed by atoms with Crippen LogP contribution in [0.5, 0.6) is 0 Å². The molecular formula is C24H29N5O7. The van der Waals surface area contributed by atoms with Gasteiger partial charge in [0.2, 0.25) is 11.8 Å². The molecule has 12 heteroatoms. The zero-order chi connectivity index (χ0) is 26.4. The molecule has 2 aliphatic heterocycles. The van der Waals surface area contributed by atoms with Crippen LogP contribution >= 0.6 is 0 Å². The molecule has 2 aliphatic rings. The Morgan fingerprint density at radius 3 is 2.58 bits per heavy atom. The number of amides is 4. The van der Waals surface area contributed by atoms with Crippen LogP contribution in [0.25, 0.3) is 0 Å². The highest BCUT2D eigenvalue weighted by Gasteiger charge is 2.45. The van der Waals surface area contributed by atoms with E-state index in [4.69, 9.17) is 5.11 Å². The summed E-state index contributed by atoms with van der Waals surface area (Å²) in [6, 6.07) is 3.16. The van der Waals surface area contributed by atoms with Crippen LogP contribution in [0.2, 0.25) is 0 Å². The quantitative estimate of drug-likeness (QED) is 0.348. The van der Waals surface area contributed by atoms with E-state index < -0.39 is 48.2 Å². The number of fused-ring (bicyclic) bond motifs is 1. The lowest BCUT2D eigenvalue weighted by Gasteiger charge is -2.43. The summed E-state index contributed by atoms with van der Waals surface area (Å²) in [5.41, 5.74) is 1.43. The Hall–Kier alpha value is -4.09. The number of hydrogen-bond acceptors (Lipinski definition) is 7. The van der Waals surface area contributed by atoms with Gasteiger partial charge in [0, 0.05) is 18.7 Å². The standard InChI is InChI=1S/C24H29N5O7/c1-14(2)25-17-7-4-3-6-16(17)22(34)27-18-9-10-20(31)28-11-5-8-19(29(28)24(18)36)23(35)26-15(13-30)12-21(32)33/h3-4,6-7,13,15,18-19H,5,8-12H2,1-2H3,(H,26,35)(H,27,34)(H,32,33)/t15-,18-,19-/m0/s1. The maximum Gasteiger partial charge on any atom is 0.305 e. The molecule has 36 heavy (non-hydrogen) atoms. The highest BCUT2D eigenvalue weighted by Crippen LogP contribution is 2.26. The van der Waals surface area contributed by atoms with E-state index in [0.717, 1.165) is 10.7 Å². The number of benzene rings is 1. The van der Waals surface area contributed by atoms with Gasteiger partial charge < -0.3 is 20.5 Å². The van der Waals surface area contributed by atoms with E-state index in [9.17, 15) is 28.8 Å². The molecular weight excluding hydrogens is 470 g/mol. The Morgan fingerprint density at radius 1 is 1.19 bits per heavy atom. The minimum atomic E-state index is -1.28. The van der Waals surface area contributed by atoms with Crippen molar-refractivity contribution in [2.24, 2.45) is 4.99 Å². The number of nitrogens with zero attached hydrogens (tertiary/aromatic N) is 3. The molecule has 3 N–H and O–H groups in total. The van der Waals surface area contributed by atoms with E-state index in [0.29, 0.717) is 18.4 Å². The summed E-state index contributed by atoms with van der Waals surface area (Å²) in [4.78, 5) is 79.0. The highest BCUT2D eigenvalue weighted by atomic mass is 16.4. The first-order valence-corrected chi connectivity index (χ1v) is 11.6. The molecule has 0 spiro atoms. The predicted molar refractivity (Wildman–Crippen MR) is 127 cm³/mol. The highest BCUT2D eigenvalue weighted by molar-refractivity contribution is 6.03. The van der Waals surface area contributed by atoms with Crippen LogP contribution in [0.4, 0.5) is 5.69 Å². The third kappa shape index (κ3) is 6.12. The van der Waals surface area contributed by atoms with Crippen molar-refractivity contribution in [3.05, 3.63) is 29.8 Å². The van der Waals surface area contributed by atoms with Gasteiger partial charge in [0.15, 0.2) is 0 Å². The Balaban J connectivity index is 1.85. The smallest absolute Gasteiger partial charge is 0.305 e. The zero-order valence-corrected chi connectivity index (χ0v) is 20.1. The predicted octanol–water partition coefficient (Wildman–Crippen LogP) is 0.584. The summed E-state index contributed by atoms with van der Waals surface area (Å²) < 4.78 is 0. The van der Waals surface area contributed by atoms with Crippen LogP contribution in [0.3, 0.4) is 0 Å². The molecule has 2 heterocycles. The Morgan fingerprint density at radius 2 is 1.92 bits per heavy atom. The topological polar surface area (TPSA) is 166 Å². The summed E-state index contributed by atoms with van der Waals surface area (Å²) in [7, 11) is 0. The molecule has 3 rings (SSSR count). The van der Waals surface area contributed by atoms with Crippen molar-refractivity contribution < 1.29 is 33.9 Å². The van der Waals surface area contributed by atoms with Crippen LogP contribution in [-0.2, 0) is 24.0 Å². The number of nitrogens with one attached hydrogen (secondary N) is 2. The fraction of sp³-hybridized carbons (Fsp3) is 0.458. The van der Waals surface area contributed by atoms with Gasteiger partial charge in [-0.25, -0.2) is 5.01 Å². The van der Waals surface area contributed by atoms with Gasteiger partial charge in [0.1, 0.15) is 18.4 Å². The number of aliphatic imine (C=N–C) groups is 1. The second kappa shape index (κ2) is 11.6. The lowest BCUT2D eigenvalue weighted by atomic mass is 10.0. The molecule has 1 aromatic rings. The third-order valence-electron chi connectivity index (χ3n) is 5.85. The fourth-order valence-corrected chi connectivity index (χ4v) is 4.25. The largest absolute Gasteiger partial charge is 0.481 e. The number of hydrazine groups is 1. The molecule has 0 unspecified atom stereocenters. The summed E-state index contributed by atoms with van der Waals surface area (Å²) in [6.07, 6.45) is 0.342. The van der Waals surface area contributed by atoms with Gasteiger partial charge in [-0.3, -0.25) is 34.0 Å². The molecule has 3 atom stereocenters. The van der Waals surface area contributed by atoms with Gasteiger partial charge in [-0.05, 0) is 45.2 Å². The summed E-state index contributed by atoms with van der Waals surface area (Å²) >= 11 is 0. The van der Waals surface area contributed by atoms with E-state index in [1.165, 1.54) is 5.01 Å². The van der Waals surface area contributed by atoms with Gasteiger partial charge >= 0.3 is 5.97 Å². The molecule has 0 bridgehead atoms. The van der Waals surface area contributed by atoms with Crippen LogP contribution in [0.15, 0.2) is 29.3 Å². The van der Waals surface area contributed by atoms with Crippen molar-refractivity contribution in [2.75, 3.05) is 6.54 Å². The summed E-state index contributed by atoms with van der Waals surface area (Å²) in [5.74, 6) is -3.58. The zero-order valence-electron chi connectivity index (χ0n) is 20.1. The number of carbonyl (C=O) groups is 6. The molecule has 4 amide bonds. The van der Waals surface area contributed by atoms with Gasteiger partial charge in [-0.1, -0.05) is 12.1 Å². The molecule has 0 aliphatic carbocycles. The Bertz CT molecular complexity index is 1100. The van der Waals surface area contributed by atoms with Crippen molar-refractivity contribution in [3.8, 4) is 0 Å². The maximum absolute atomic E-state index is 13.5. The monoisotopic (exact) mass is 499 g/mol. The molecule has 0 saturated carbocycles. The lowest BCUT2D eigenvalue weighted by Crippen LogP contribution is -2.64. The average Bonchev–Trinajstić information content (AvgIpc) is 2.95. The van der Waals surface area contributed by atoms with Gasteiger partial charge in [-0.2, -0.15) is 0 Å². The number of rotatable bonds is 8. The van der Waals surface area contributed by atoms with Crippen LogP contribution in [0, 0.1) is 0 Å². The number of carboxylic acid groups (broad SMARTS) is 1. The van der Waals surface area contributed by atoms with Crippen molar-refractivity contribution in [3.63, 3.8) is 0 Å². The van der Waals surface area contributed by atoms with Crippen molar-refractivity contribution in [2.45, 2.75) is 64.1 Å². The maximum atomic E-state index is 13.5. The van der Waals surface area contributed by atoms with E-state index in [2.05, 4.69) is 15.6 Å². The second-order valence-corrected chi connectivity index (χ2v) is 8.85. The minimum absolute atomic E-state index is 0.0224. The molecule has 0 radical (unpaired) electrons. The number of aliphatic carboxylic acids is 1. The molecule has 0 aromatic heterocycles. The van der Waals surface area contributed by atoms with E-state index >= 15 is 0 Å². The third-order valence-corrected chi connectivity index (χ3v) is 5.85. The van der Waals surface area contributed by atoms with Gasteiger partial charge in [0.05, 0.1) is 23.7 Å².